The monoisotopic (exact) mass is 379 g/mol. The van der Waals surface area contributed by atoms with Gasteiger partial charge in [0.15, 0.2) is 0 Å². The van der Waals surface area contributed by atoms with Gasteiger partial charge in [0, 0.05) is 48.7 Å². The Morgan fingerprint density at radius 3 is 3.00 bits per heavy atom. The Labute approximate surface area is 163 Å². The molecule has 7 nitrogen and oxygen atoms in total. The Morgan fingerprint density at radius 1 is 1.25 bits per heavy atom. The van der Waals surface area contributed by atoms with Crippen molar-refractivity contribution >= 4 is 22.6 Å². The van der Waals surface area contributed by atoms with Crippen LogP contribution >= 0.6 is 0 Å². The molecule has 28 heavy (non-hydrogen) atoms. The summed E-state index contributed by atoms with van der Waals surface area (Å²) in [4.78, 5) is 29.0. The maximum Gasteiger partial charge on any atom is 0.264 e. The van der Waals surface area contributed by atoms with Crippen molar-refractivity contribution in [3.05, 3.63) is 58.5 Å². The molecule has 1 atom stereocenters. The Bertz CT molecular complexity index is 989. The van der Waals surface area contributed by atoms with Gasteiger partial charge < -0.3 is 15.2 Å². The summed E-state index contributed by atoms with van der Waals surface area (Å²) in [5.74, 6) is 0.846. The van der Waals surface area contributed by atoms with Gasteiger partial charge in [-0.3, -0.25) is 9.59 Å². The number of hydrogen-bond acceptors (Lipinski definition) is 4. The first-order valence-corrected chi connectivity index (χ1v) is 9.84. The fourth-order valence-electron chi connectivity index (χ4n) is 3.89. The average molecular weight is 379 g/mol. The average Bonchev–Trinajstić information content (AvgIpc) is 3.12. The van der Waals surface area contributed by atoms with Gasteiger partial charge in [0.25, 0.3) is 5.56 Å². The highest BCUT2D eigenvalue weighted by molar-refractivity contribution is 5.83. The van der Waals surface area contributed by atoms with Gasteiger partial charge in [-0.15, -0.1) is 0 Å². The number of para-hydroxylation sites is 1. The second-order valence-corrected chi connectivity index (χ2v) is 7.35. The standard InChI is InChI=1S/C21H25N5O2/c27-20(9-3-5-15-13-22-18-8-2-1-7-17(15)18)23-16-6-4-12-26(14-16)19-10-11-21(28)25-24-19/h1-2,7-8,10-11,13,16,22H,3-6,9,12,14H2,(H,23,27)(H,25,28). The van der Waals surface area contributed by atoms with Gasteiger partial charge in [-0.2, -0.15) is 5.10 Å². The van der Waals surface area contributed by atoms with Crippen molar-refractivity contribution < 1.29 is 4.79 Å². The zero-order chi connectivity index (χ0) is 19.3. The molecule has 0 bridgehead atoms. The summed E-state index contributed by atoms with van der Waals surface area (Å²) < 4.78 is 0. The first-order chi connectivity index (χ1) is 13.7. The fraction of sp³-hybridized carbons (Fsp3) is 0.381. The fourth-order valence-corrected chi connectivity index (χ4v) is 3.89. The first-order valence-electron chi connectivity index (χ1n) is 9.84. The number of fused-ring (bicyclic) bond motifs is 1. The maximum absolute atomic E-state index is 12.4. The van der Waals surface area contributed by atoms with Gasteiger partial charge in [0.05, 0.1) is 0 Å². The number of carbonyl (C=O) groups is 1. The van der Waals surface area contributed by atoms with Crippen LogP contribution in [0.25, 0.3) is 10.9 Å². The van der Waals surface area contributed by atoms with Crippen molar-refractivity contribution in [2.75, 3.05) is 18.0 Å². The highest BCUT2D eigenvalue weighted by Crippen LogP contribution is 2.20. The summed E-state index contributed by atoms with van der Waals surface area (Å²) >= 11 is 0. The lowest BCUT2D eigenvalue weighted by atomic mass is 10.0. The number of piperidine rings is 1. The number of nitrogens with one attached hydrogen (secondary N) is 3. The Hall–Kier alpha value is -3.09. The lowest BCUT2D eigenvalue weighted by Crippen LogP contribution is -2.48. The molecule has 7 heteroatoms. The molecular formula is C21H25N5O2. The number of H-pyrrole nitrogens is 2. The van der Waals surface area contributed by atoms with Crippen LogP contribution < -0.4 is 15.8 Å². The third-order valence-corrected chi connectivity index (χ3v) is 5.30. The molecule has 0 spiro atoms. The Morgan fingerprint density at radius 2 is 2.14 bits per heavy atom. The first kappa shape index (κ1) is 18.3. The van der Waals surface area contributed by atoms with Gasteiger partial charge in [-0.05, 0) is 43.4 Å². The third-order valence-electron chi connectivity index (χ3n) is 5.30. The topological polar surface area (TPSA) is 93.9 Å². The molecular weight excluding hydrogens is 354 g/mol. The maximum atomic E-state index is 12.4. The molecule has 2 aromatic heterocycles. The van der Waals surface area contributed by atoms with Crippen molar-refractivity contribution in [2.24, 2.45) is 0 Å². The van der Waals surface area contributed by atoms with E-state index in [1.54, 1.807) is 6.07 Å². The summed E-state index contributed by atoms with van der Waals surface area (Å²) in [5.41, 5.74) is 2.19. The van der Waals surface area contributed by atoms with Crippen LogP contribution in [0.2, 0.25) is 0 Å². The van der Waals surface area contributed by atoms with Gasteiger partial charge in [0.1, 0.15) is 5.82 Å². The minimum absolute atomic E-state index is 0.0983. The van der Waals surface area contributed by atoms with Crippen LogP contribution in [0.3, 0.4) is 0 Å². The van der Waals surface area contributed by atoms with E-state index in [0.717, 1.165) is 43.6 Å². The number of benzene rings is 1. The molecule has 1 aromatic carbocycles. The second-order valence-electron chi connectivity index (χ2n) is 7.35. The van der Waals surface area contributed by atoms with Gasteiger partial charge in [-0.25, -0.2) is 5.10 Å². The summed E-state index contributed by atoms with van der Waals surface area (Å²) in [5, 5.41) is 11.0. The van der Waals surface area contributed by atoms with Gasteiger partial charge >= 0.3 is 0 Å². The van der Waals surface area contributed by atoms with E-state index >= 15 is 0 Å². The summed E-state index contributed by atoms with van der Waals surface area (Å²) in [6.45, 7) is 1.60. The number of nitrogens with zero attached hydrogens (tertiary/aromatic N) is 2. The molecule has 3 heterocycles. The Kier molecular flexibility index (Phi) is 5.41. The van der Waals surface area contributed by atoms with Crippen molar-refractivity contribution in [2.45, 2.75) is 38.1 Å². The van der Waals surface area contributed by atoms with Crippen LogP contribution in [0.4, 0.5) is 5.82 Å². The molecule has 0 radical (unpaired) electrons. The van der Waals surface area contributed by atoms with Gasteiger partial charge in [-0.1, -0.05) is 18.2 Å². The highest BCUT2D eigenvalue weighted by Gasteiger charge is 2.22. The Balaban J connectivity index is 1.26. The number of carbonyl (C=O) groups excluding carboxylic acids is 1. The predicted molar refractivity (Wildman–Crippen MR) is 109 cm³/mol. The number of amides is 1. The molecule has 0 aliphatic carbocycles. The quantitative estimate of drug-likeness (QED) is 0.613. The van der Waals surface area contributed by atoms with E-state index in [-0.39, 0.29) is 17.5 Å². The second kappa shape index (κ2) is 8.29. The molecule has 4 rings (SSSR count). The molecule has 1 aliphatic rings. The normalized spacial score (nSPS) is 17.0. The molecule has 1 saturated heterocycles. The van der Waals surface area contributed by atoms with E-state index in [4.69, 9.17) is 0 Å². The molecule has 146 valence electrons. The molecule has 1 amide bonds. The van der Waals surface area contributed by atoms with Crippen LogP contribution in [0.1, 0.15) is 31.2 Å². The van der Waals surface area contributed by atoms with Gasteiger partial charge in [0.2, 0.25) is 5.91 Å². The van der Waals surface area contributed by atoms with Crippen LogP contribution in [0.15, 0.2) is 47.4 Å². The van der Waals surface area contributed by atoms with E-state index in [9.17, 15) is 9.59 Å². The molecule has 1 fully saturated rings. The van der Waals surface area contributed by atoms with Crippen LogP contribution in [0.5, 0.6) is 0 Å². The minimum atomic E-state index is -0.208. The van der Waals surface area contributed by atoms with Crippen LogP contribution in [-0.2, 0) is 11.2 Å². The van der Waals surface area contributed by atoms with E-state index in [2.05, 4.69) is 37.5 Å². The lowest BCUT2D eigenvalue weighted by molar-refractivity contribution is -0.121. The van der Waals surface area contributed by atoms with Crippen LogP contribution in [0, 0.1) is 0 Å². The zero-order valence-corrected chi connectivity index (χ0v) is 15.8. The van der Waals surface area contributed by atoms with E-state index in [1.165, 1.54) is 17.0 Å². The van der Waals surface area contributed by atoms with Crippen molar-refractivity contribution in [1.29, 1.82) is 0 Å². The number of rotatable bonds is 6. The number of anilines is 1. The molecule has 0 saturated carbocycles. The van der Waals surface area contributed by atoms with E-state index in [1.807, 2.05) is 18.3 Å². The van der Waals surface area contributed by atoms with E-state index < -0.39 is 0 Å². The SMILES string of the molecule is O=C(CCCc1c[nH]c2ccccc12)NC1CCCN(c2ccc(=O)[nH]n2)C1. The molecule has 1 aliphatic heterocycles. The summed E-state index contributed by atoms with van der Waals surface area (Å²) in [6.07, 6.45) is 6.22. The van der Waals surface area contributed by atoms with Crippen molar-refractivity contribution in [3.63, 3.8) is 0 Å². The highest BCUT2D eigenvalue weighted by atomic mass is 16.1. The summed E-state index contributed by atoms with van der Waals surface area (Å²) in [6, 6.07) is 11.6. The number of aryl methyl sites for hydroxylation is 1. The number of aromatic nitrogens is 3. The van der Waals surface area contributed by atoms with Crippen LogP contribution in [-0.4, -0.2) is 40.2 Å². The number of hydrogen-bond donors (Lipinski definition) is 3. The minimum Gasteiger partial charge on any atom is -0.361 e. The summed E-state index contributed by atoms with van der Waals surface area (Å²) in [7, 11) is 0. The third kappa shape index (κ3) is 4.24. The molecule has 1 unspecified atom stereocenters. The lowest BCUT2D eigenvalue weighted by Gasteiger charge is -2.33. The smallest absolute Gasteiger partial charge is 0.264 e. The van der Waals surface area contributed by atoms with Crippen molar-refractivity contribution in [3.8, 4) is 0 Å². The largest absolute Gasteiger partial charge is 0.361 e. The number of aromatic amines is 2. The van der Waals surface area contributed by atoms with E-state index in [0.29, 0.717) is 13.0 Å². The van der Waals surface area contributed by atoms with Crippen molar-refractivity contribution in [1.82, 2.24) is 20.5 Å². The molecule has 3 aromatic rings. The predicted octanol–water partition coefficient (Wildman–Crippen LogP) is 2.36. The molecule has 3 N–H and O–H groups in total. The zero-order valence-electron chi connectivity index (χ0n) is 15.8.